The van der Waals surface area contributed by atoms with Crippen molar-refractivity contribution in [3.63, 3.8) is 0 Å². The average Bonchev–Trinajstić information content (AvgIpc) is 1.35. The van der Waals surface area contributed by atoms with Crippen molar-refractivity contribution in [2.75, 3.05) is 0 Å². The molecule has 4 nitrogen and oxygen atoms in total. The van der Waals surface area contributed by atoms with E-state index in [0.717, 1.165) is 0 Å². The quantitative estimate of drug-likeness (QED) is 0.416. The normalized spacial score (nSPS) is 11.6. The van der Waals surface area contributed by atoms with Gasteiger partial charge < -0.3 is 5.11 Å². The van der Waals surface area contributed by atoms with Gasteiger partial charge in [-0.3, -0.25) is 0 Å². The van der Waals surface area contributed by atoms with Gasteiger partial charge in [0.25, 0.3) is 0 Å². The summed E-state index contributed by atoms with van der Waals surface area (Å²) >= 11 is 0. The minimum atomic E-state index is -1.44. The highest BCUT2D eigenvalue weighted by molar-refractivity contribution is 5.64. The maximum Gasteiger partial charge on any atom is 0.449 e. The van der Waals surface area contributed by atoms with Crippen LogP contribution in [0.25, 0.3) is 0 Å². The van der Waals surface area contributed by atoms with Gasteiger partial charge >= 0.3 is 6.09 Å². The molecule has 0 aromatic carbocycles. The zero-order valence-electron chi connectivity index (χ0n) is 3.25. The van der Waals surface area contributed by atoms with Crippen molar-refractivity contribution in [3.05, 3.63) is 0 Å². The second-order valence-electron chi connectivity index (χ2n) is 0.383. The van der Waals surface area contributed by atoms with E-state index in [1.165, 1.54) is 0 Å². The summed E-state index contributed by atoms with van der Waals surface area (Å²) in [6.07, 6.45) is -1.44. The first kappa shape index (κ1) is 2.32. The molecule has 0 rings (SSSR count). The van der Waals surface area contributed by atoms with Crippen LogP contribution in [0.1, 0.15) is 0 Å². The van der Waals surface area contributed by atoms with Gasteiger partial charge in [-0.25, -0.2) is 4.79 Å². The first-order valence-electron chi connectivity index (χ1n) is 1.30. The van der Waals surface area contributed by atoms with Gasteiger partial charge in [-0.05, 0) is 0 Å². The van der Waals surface area contributed by atoms with Gasteiger partial charge in [0.15, 0.2) is 0 Å². The molecule has 2 N–H and O–H groups in total. The van der Waals surface area contributed by atoms with Crippen molar-refractivity contribution in [1.29, 1.82) is 5.52 Å². The van der Waals surface area contributed by atoms with Crippen molar-refractivity contribution in [2.45, 2.75) is 0 Å². The van der Waals surface area contributed by atoms with Crippen molar-refractivity contribution >= 4 is 6.09 Å². The van der Waals surface area contributed by atoms with Crippen LogP contribution in [0, 0.1) is 5.52 Å². The Bertz CT molecular complexity index is 79.6. The monoisotopic (exact) mass is 75.0 g/mol. The molecule has 4 heteroatoms. The lowest BCUT2D eigenvalue weighted by Gasteiger charge is -1.62. The van der Waals surface area contributed by atoms with Crippen molar-refractivity contribution in [2.24, 2.45) is 5.11 Å². The van der Waals surface area contributed by atoms with Gasteiger partial charge in [0.1, 0.15) is 0 Å². The van der Waals surface area contributed by atoms with Crippen molar-refractivity contribution in [3.8, 4) is 0 Å². The van der Waals surface area contributed by atoms with Crippen LogP contribution in [0.4, 0.5) is 4.79 Å². The highest BCUT2D eigenvalue weighted by Gasteiger charge is 1.77. The van der Waals surface area contributed by atoms with E-state index in [4.69, 9.17) is 6.52 Å². The summed E-state index contributed by atoms with van der Waals surface area (Å²) in [5.74, 6) is 0. The Balaban J connectivity index is 3.30. The zero-order valence-corrected chi connectivity index (χ0v) is 2.25. The molecule has 0 saturated carbocycles. The van der Waals surface area contributed by atoms with Gasteiger partial charge in [0.05, 0.1) is 0 Å². The van der Waals surface area contributed by atoms with Gasteiger partial charge in [0.2, 0.25) is 1.41 Å². The summed E-state index contributed by atoms with van der Waals surface area (Å²) in [4.78, 5) is 9.22. The molecule has 28 valence electrons. The highest BCUT2D eigenvalue weighted by atomic mass is 16.4. The minimum absolute atomic E-state index is 1.44. The van der Waals surface area contributed by atoms with Crippen molar-refractivity contribution < 1.29 is 11.3 Å². The number of nitrogens with zero attached hydrogens (tertiary/aromatic N) is 1. The van der Waals surface area contributed by atoms with Crippen LogP contribution in [0.15, 0.2) is 5.11 Å². The van der Waals surface area contributed by atoms with E-state index in [0.29, 0.717) is 0 Å². The van der Waals surface area contributed by atoms with Crippen LogP contribution < -0.4 is 0 Å². The molecule has 0 saturated heterocycles. The first-order valence-corrected chi connectivity index (χ1v) is 0.851. The molecule has 0 spiro atoms. The Morgan fingerprint density at radius 2 is 3.00 bits per heavy atom. The third kappa shape index (κ3) is 3.07. The number of carboxylic acid groups (broad SMARTS) is 1. The smallest absolute Gasteiger partial charge is 0.449 e. The van der Waals surface area contributed by atoms with Gasteiger partial charge in [-0.15, -0.1) is 0 Å². The lowest BCUT2D eigenvalue weighted by Crippen LogP contribution is -1.77. The Morgan fingerprint density at radius 3 is 3.00 bits per heavy atom. The maximum atomic E-state index is 9.22. The molecule has 0 fully saturated rings. The lowest BCUT2D eigenvalue weighted by molar-refractivity contribution is 0.203. The summed E-state index contributed by atoms with van der Waals surface area (Å²) in [5, 5.41) is 9.87. The predicted molar refractivity (Wildman–Crippen MR) is 13.2 cm³/mol. The van der Waals surface area contributed by atoms with Gasteiger partial charge in [-0.1, -0.05) is 5.11 Å². The van der Waals surface area contributed by atoms with E-state index in [1.54, 1.807) is 0 Å². The van der Waals surface area contributed by atoms with E-state index >= 15 is 0 Å². The summed E-state index contributed by atoms with van der Waals surface area (Å²) in [5.41, 5.74) is 2.21. The molecule has 0 aromatic rings. The number of nitrogens with one attached hydrogen (secondary N) is 1. The fraction of sp³-hybridized carbons (Fsp3) is 0. The van der Waals surface area contributed by atoms with Crippen LogP contribution in [0.5, 0.6) is 0 Å². The first-order chi connectivity index (χ1) is 2.77. The van der Waals surface area contributed by atoms with E-state index in [1.807, 2.05) is 0 Å². The van der Waals surface area contributed by atoms with Crippen LogP contribution in [-0.2, 0) is 0 Å². The molecule has 5 heavy (non-hydrogen) atoms. The van der Waals surface area contributed by atoms with E-state index in [-0.39, 0.29) is 0 Å². The number of hydrogen-bond donors (Lipinski definition) is 2. The zero-order chi connectivity index (χ0) is 4.99. The summed E-state index contributed by atoms with van der Waals surface area (Å²) in [6.45, 7) is 0. The average molecular weight is 75.0 g/mol. The summed E-state index contributed by atoms with van der Waals surface area (Å²) < 4.78 is 5.81. The van der Waals surface area contributed by atoms with E-state index < -0.39 is 6.09 Å². The Morgan fingerprint density at radius 1 is 2.40 bits per heavy atom. The molecule has 0 aromatic heterocycles. The largest absolute Gasteiger partial charge is 0.462 e. The molecule has 0 aliphatic heterocycles. The molecule has 0 heterocycles. The maximum absolute atomic E-state index is 9.22. The van der Waals surface area contributed by atoms with Crippen LogP contribution in [0.3, 0.4) is 0 Å². The molecule has 0 atom stereocenters. The second kappa shape index (κ2) is 1.40. The van der Waals surface area contributed by atoms with Crippen LogP contribution in [0.2, 0.25) is 1.41 Å². The molecular formula is CH2N2O2. The van der Waals surface area contributed by atoms with Gasteiger partial charge in [0, 0.05) is 0 Å². The Kier molecular flexibility index (Phi) is 0.646. The highest BCUT2D eigenvalue weighted by Crippen LogP contribution is 1.61. The lowest BCUT2D eigenvalue weighted by atomic mass is 11.3. The summed E-state index contributed by atoms with van der Waals surface area (Å²) in [7, 11) is 0. The molecule has 0 unspecified atom stereocenters. The molecule has 0 aliphatic rings. The molecular weight excluding hydrogens is 72.0 g/mol. The topological polar surface area (TPSA) is 73.5 Å². The molecule has 0 bridgehead atoms. The fourth-order valence-corrected chi connectivity index (χ4v) is 0. The van der Waals surface area contributed by atoms with Crippen LogP contribution in [-0.4, -0.2) is 11.2 Å². The Hall–Kier alpha value is -0.930. The van der Waals surface area contributed by atoms with Gasteiger partial charge in [-0.2, -0.15) is 5.52 Å². The van der Waals surface area contributed by atoms with Crippen molar-refractivity contribution in [1.82, 2.24) is 0 Å². The SMILES string of the molecule is [2H]N=NC(=O)O. The van der Waals surface area contributed by atoms with E-state index in [2.05, 4.69) is 10.6 Å². The third-order valence-corrected chi connectivity index (χ3v) is 0.0855. The Labute approximate surface area is 29.4 Å². The van der Waals surface area contributed by atoms with E-state index in [9.17, 15) is 4.79 Å². The molecule has 1 amide bonds. The molecule has 0 aliphatic carbocycles. The minimum Gasteiger partial charge on any atom is -0.462 e. The standard InChI is InChI=1S/CH2N2O2/c2-3-1(4)5/h2H,(H,4,5)/i/hD. The number of hydrogen-bond acceptors (Lipinski definition) is 2. The second-order valence-corrected chi connectivity index (χ2v) is 0.383. The number of carbonyl (C=O) groups is 1. The summed E-state index contributed by atoms with van der Waals surface area (Å²) in [6, 6.07) is 0. The third-order valence-electron chi connectivity index (χ3n) is 0.0855. The fourth-order valence-electron chi connectivity index (χ4n) is 0. The predicted octanol–water partition coefficient (Wildman–Crippen LogP) is 0.695. The van der Waals surface area contributed by atoms with Crippen LogP contribution >= 0.6 is 0 Å². The number of rotatable bonds is 0. The molecule has 0 radical (unpaired) electrons. The number of amides is 1.